The Morgan fingerprint density at radius 1 is 1.29 bits per heavy atom. The lowest BCUT2D eigenvalue weighted by molar-refractivity contribution is 0.594. The number of aromatic nitrogens is 1. The second-order valence-corrected chi connectivity index (χ2v) is 5.22. The summed E-state index contributed by atoms with van der Waals surface area (Å²) in [6, 6.07) is 10.9. The van der Waals surface area contributed by atoms with Crippen LogP contribution in [0.3, 0.4) is 0 Å². The zero-order valence-corrected chi connectivity index (χ0v) is 11.1. The number of aryl methyl sites for hydroxylation is 1. The minimum Gasteiger partial charge on any atom is -0.312 e. The molecular formula is C14H18N2S. The third-order valence-electron chi connectivity index (χ3n) is 2.86. The lowest BCUT2D eigenvalue weighted by atomic mass is 10.1. The quantitative estimate of drug-likeness (QED) is 0.876. The zero-order valence-electron chi connectivity index (χ0n) is 10.3. The van der Waals surface area contributed by atoms with Gasteiger partial charge in [-0.05, 0) is 37.7 Å². The van der Waals surface area contributed by atoms with Crippen molar-refractivity contribution < 1.29 is 0 Å². The van der Waals surface area contributed by atoms with Crippen LogP contribution >= 0.6 is 11.3 Å². The van der Waals surface area contributed by atoms with Gasteiger partial charge in [-0.1, -0.05) is 13.0 Å². The fourth-order valence-corrected chi connectivity index (χ4v) is 2.91. The summed E-state index contributed by atoms with van der Waals surface area (Å²) >= 11 is 1.89. The molecule has 90 valence electrons. The minimum atomic E-state index is 0.371. The van der Waals surface area contributed by atoms with Crippen LogP contribution in [-0.4, -0.2) is 12.0 Å². The second-order valence-electron chi connectivity index (χ2n) is 4.02. The standard InChI is InChI=1S/C14H18N2S/c1-3-12-7-8-14(17-12)13(15-2)10-11-6-4-5-9-16-11/h4-9,13,15H,3,10H2,1-2H3. The predicted molar refractivity (Wildman–Crippen MR) is 73.4 cm³/mol. The molecule has 1 N–H and O–H groups in total. The van der Waals surface area contributed by atoms with Crippen molar-refractivity contribution in [3.63, 3.8) is 0 Å². The molecule has 2 aromatic heterocycles. The molecule has 1 unspecified atom stereocenters. The number of nitrogens with one attached hydrogen (secondary N) is 1. The molecule has 0 aliphatic carbocycles. The summed E-state index contributed by atoms with van der Waals surface area (Å²) in [5.74, 6) is 0. The first kappa shape index (κ1) is 12.3. The Morgan fingerprint density at radius 2 is 2.18 bits per heavy atom. The van der Waals surface area contributed by atoms with E-state index in [4.69, 9.17) is 0 Å². The molecule has 0 spiro atoms. The molecule has 2 rings (SSSR count). The molecule has 0 amide bonds. The average Bonchev–Trinajstić information content (AvgIpc) is 2.86. The Balaban J connectivity index is 2.11. The van der Waals surface area contributed by atoms with Gasteiger partial charge in [0.05, 0.1) is 0 Å². The molecule has 0 aliphatic rings. The first-order chi connectivity index (χ1) is 8.33. The zero-order chi connectivity index (χ0) is 12.1. The van der Waals surface area contributed by atoms with E-state index in [-0.39, 0.29) is 0 Å². The van der Waals surface area contributed by atoms with E-state index >= 15 is 0 Å². The molecule has 0 aliphatic heterocycles. The summed E-state index contributed by atoms with van der Waals surface area (Å²) < 4.78 is 0. The van der Waals surface area contributed by atoms with Crippen molar-refractivity contribution in [1.82, 2.24) is 10.3 Å². The molecule has 0 aromatic carbocycles. The lowest BCUT2D eigenvalue weighted by Gasteiger charge is -2.13. The number of hydrogen-bond donors (Lipinski definition) is 1. The van der Waals surface area contributed by atoms with Crippen LogP contribution in [0.15, 0.2) is 36.5 Å². The molecule has 2 heterocycles. The molecule has 0 saturated carbocycles. The Hall–Kier alpha value is -1.19. The fourth-order valence-electron chi connectivity index (χ4n) is 1.84. The molecule has 0 bridgehead atoms. The van der Waals surface area contributed by atoms with Gasteiger partial charge in [0.2, 0.25) is 0 Å². The van der Waals surface area contributed by atoms with Gasteiger partial charge >= 0.3 is 0 Å². The van der Waals surface area contributed by atoms with Gasteiger partial charge in [-0.15, -0.1) is 11.3 Å². The van der Waals surface area contributed by atoms with Crippen LogP contribution in [0.2, 0.25) is 0 Å². The van der Waals surface area contributed by atoms with Crippen molar-refractivity contribution in [2.24, 2.45) is 0 Å². The summed E-state index contributed by atoms with van der Waals surface area (Å²) in [5, 5.41) is 3.37. The number of pyridine rings is 1. The Labute approximate surface area is 107 Å². The van der Waals surface area contributed by atoms with Crippen molar-refractivity contribution in [3.05, 3.63) is 52.0 Å². The summed E-state index contributed by atoms with van der Waals surface area (Å²) in [6.07, 6.45) is 3.92. The van der Waals surface area contributed by atoms with Gasteiger partial charge in [0, 0.05) is 34.1 Å². The van der Waals surface area contributed by atoms with Crippen LogP contribution in [0.25, 0.3) is 0 Å². The fraction of sp³-hybridized carbons (Fsp3) is 0.357. The smallest absolute Gasteiger partial charge is 0.0468 e. The number of rotatable bonds is 5. The highest BCUT2D eigenvalue weighted by atomic mass is 32.1. The van der Waals surface area contributed by atoms with Gasteiger partial charge in [-0.2, -0.15) is 0 Å². The van der Waals surface area contributed by atoms with E-state index in [9.17, 15) is 0 Å². The van der Waals surface area contributed by atoms with Crippen molar-refractivity contribution in [1.29, 1.82) is 0 Å². The molecule has 1 atom stereocenters. The normalized spacial score (nSPS) is 12.6. The van der Waals surface area contributed by atoms with Gasteiger partial charge < -0.3 is 5.32 Å². The van der Waals surface area contributed by atoms with Crippen LogP contribution in [0.4, 0.5) is 0 Å². The number of nitrogens with zero attached hydrogens (tertiary/aromatic N) is 1. The monoisotopic (exact) mass is 246 g/mol. The molecule has 0 radical (unpaired) electrons. The van der Waals surface area contributed by atoms with Crippen LogP contribution in [0, 0.1) is 0 Å². The van der Waals surface area contributed by atoms with Crippen molar-refractivity contribution in [2.75, 3.05) is 7.05 Å². The first-order valence-electron chi connectivity index (χ1n) is 5.99. The van der Waals surface area contributed by atoms with Crippen molar-refractivity contribution in [3.8, 4) is 0 Å². The summed E-state index contributed by atoms with van der Waals surface area (Å²) in [7, 11) is 2.01. The molecular weight excluding hydrogens is 228 g/mol. The van der Waals surface area contributed by atoms with Crippen LogP contribution < -0.4 is 5.32 Å². The van der Waals surface area contributed by atoms with Crippen LogP contribution in [-0.2, 0) is 12.8 Å². The molecule has 3 heteroatoms. The Morgan fingerprint density at radius 3 is 2.76 bits per heavy atom. The van der Waals surface area contributed by atoms with Gasteiger partial charge in [0.15, 0.2) is 0 Å². The molecule has 0 saturated heterocycles. The lowest BCUT2D eigenvalue weighted by Crippen LogP contribution is -2.18. The number of likely N-dealkylation sites (N-methyl/N-ethyl adjacent to an activating group) is 1. The highest BCUT2D eigenvalue weighted by molar-refractivity contribution is 7.12. The third kappa shape index (κ3) is 3.14. The van der Waals surface area contributed by atoms with Gasteiger partial charge in [-0.3, -0.25) is 4.98 Å². The first-order valence-corrected chi connectivity index (χ1v) is 6.81. The molecule has 17 heavy (non-hydrogen) atoms. The summed E-state index contributed by atoms with van der Waals surface area (Å²) in [6.45, 7) is 2.20. The number of hydrogen-bond acceptors (Lipinski definition) is 3. The van der Waals surface area contributed by atoms with E-state index in [0.717, 1.165) is 18.5 Å². The van der Waals surface area contributed by atoms with Gasteiger partial charge in [0.1, 0.15) is 0 Å². The van der Waals surface area contributed by atoms with E-state index in [1.165, 1.54) is 9.75 Å². The maximum atomic E-state index is 4.38. The third-order valence-corrected chi connectivity index (χ3v) is 4.21. The maximum Gasteiger partial charge on any atom is 0.0468 e. The summed E-state index contributed by atoms with van der Waals surface area (Å²) in [5.41, 5.74) is 1.14. The second kappa shape index (κ2) is 5.94. The van der Waals surface area contributed by atoms with E-state index in [0.29, 0.717) is 6.04 Å². The highest BCUT2D eigenvalue weighted by Gasteiger charge is 2.12. The SMILES string of the molecule is CCc1ccc(C(Cc2ccccn2)NC)s1. The average molecular weight is 246 g/mol. The van der Waals surface area contributed by atoms with Crippen molar-refractivity contribution >= 4 is 11.3 Å². The predicted octanol–water partition coefficient (Wildman–Crippen LogP) is 3.21. The number of thiophene rings is 1. The maximum absolute atomic E-state index is 4.38. The van der Waals surface area contributed by atoms with E-state index in [2.05, 4.69) is 35.4 Å². The molecule has 2 aromatic rings. The molecule has 0 fully saturated rings. The van der Waals surface area contributed by atoms with Crippen LogP contribution in [0.5, 0.6) is 0 Å². The highest BCUT2D eigenvalue weighted by Crippen LogP contribution is 2.25. The van der Waals surface area contributed by atoms with Gasteiger partial charge in [0.25, 0.3) is 0 Å². The van der Waals surface area contributed by atoms with Crippen molar-refractivity contribution in [2.45, 2.75) is 25.8 Å². The van der Waals surface area contributed by atoms with E-state index in [1.807, 2.05) is 36.7 Å². The minimum absolute atomic E-state index is 0.371. The van der Waals surface area contributed by atoms with E-state index < -0.39 is 0 Å². The van der Waals surface area contributed by atoms with Crippen LogP contribution in [0.1, 0.15) is 28.4 Å². The Kier molecular flexibility index (Phi) is 4.29. The van der Waals surface area contributed by atoms with Gasteiger partial charge in [-0.25, -0.2) is 0 Å². The largest absolute Gasteiger partial charge is 0.312 e. The molecule has 2 nitrogen and oxygen atoms in total. The summed E-state index contributed by atoms with van der Waals surface area (Å²) in [4.78, 5) is 7.23. The topological polar surface area (TPSA) is 24.9 Å². The van der Waals surface area contributed by atoms with E-state index in [1.54, 1.807) is 0 Å². The Bertz CT molecular complexity index is 450.